The first-order valence-corrected chi connectivity index (χ1v) is 8.19. The number of carbonyl (C=O) groups excluding carboxylic acids is 2. The second-order valence-corrected chi connectivity index (χ2v) is 5.81. The van der Waals surface area contributed by atoms with Gasteiger partial charge in [-0.3, -0.25) is 9.69 Å². The zero-order valence-electron chi connectivity index (χ0n) is 13.9. The Morgan fingerprint density at radius 1 is 1.20 bits per heavy atom. The second-order valence-electron chi connectivity index (χ2n) is 5.81. The van der Waals surface area contributed by atoms with E-state index in [1.807, 2.05) is 6.92 Å². The van der Waals surface area contributed by atoms with E-state index in [4.69, 9.17) is 4.74 Å². The molecule has 0 spiro atoms. The van der Waals surface area contributed by atoms with E-state index in [1.54, 1.807) is 41.3 Å². The van der Waals surface area contributed by atoms with Crippen molar-refractivity contribution in [3.8, 4) is 0 Å². The fraction of sp³-hybridized carbons (Fsp3) is 0.263. The van der Waals surface area contributed by atoms with E-state index in [0.29, 0.717) is 25.3 Å². The van der Waals surface area contributed by atoms with Gasteiger partial charge in [-0.25, -0.2) is 9.18 Å². The van der Waals surface area contributed by atoms with Crippen LogP contribution < -0.4 is 10.2 Å². The minimum Gasteiger partial charge on any atom is -0.447 e. The maximum atomic E-state index is 13.1. The van der Waals surface area contributed by atoms with E-state index in [0.717, 1.165) is 11.3 Å². The summed E-state index contributed by atoms with van der Waals surface area (Å²) >= 11 is 0. The highest BCUT2D eigenvalue weighted by molar-refractivity contribution is 5.96. The minimum absolute atomic E-state index is 0.151. The molecule has 0 saturated carbocycles. The summed E-state index contributed by atoms with van der Waals surface area (Å²) in [5.74, 6) is -0.827. The van der Waals surface area contributed by atoms with Crippen LogP contribution in [0.2, 0.25) is 0 Å². The number of halogens is 1. The third kappa shape index (κ3) is 3.79. The van der Waals surface area contributed by atoms with Gasteiger partial charge in [0.15, 0.2) is 0 Å². The third-order valence-corrected chi connectivity index (χ3v) is 4.20. The molecule has 0 radical (unpaired) electrons. The molecule has 1 saturated heterocycles. The molecule has 1 unspecified atom stereocenters. The maximum absolute atomic E-state index is 13.1. The number of rotatable bonds is 5. The third-order valence-electron chi connectivity index (χ3n) is 4.20. The van der Waals surface area contributed by atoms with Crippen LogP contribution in [-0.4, -0.2) is 25.2 Å². The van der Waals surface area contributed by atoms with Crippen molar-refractivity contribution in [1.29, 1.82) is 0 Å². The molecule has 5 nitrogen and oxygen atoms in total. The number of benzene rings is 2. The fourth-order valence-electron chi connectivity index (χ4n) is 2.85. The largest absolute Gasteiger partial charge is 0.447 e. The summed E-state index contributed by atoms with van der Waals surface area (Å²) in [6.07, 6.45) is 0.244. The van der Waals surface area contributed by atoms with Crippen molar-refractivity contribution in [2.45, 2.75) is 19.3 Å². The Kier molecular flexibility index (Phi) is 4.97. The molecule has 1 N–H and O–H groups in total. The lowest BCUT2D eigenvalue weighted by Crippen LogP contribution is -2.23. The molecule has 1 aliphatic rings. The Bertz CT molecular complexity index is 759. The van der Waals surface area contributed by atoms with Gasteiger partial charge in [0.2, 0.25) is 5.91 Å². The highest BCUT2D eigenvalue weighted by Gasteiger charge is 2.23. The molecule has 3 rings (SSSR count). The summed E-state index contributed by atoms with van der Waals surface area (Å²) in [4.78, 5) is 25.6. The molecule has 130 valence electrons. The van der Waals surface area contributed by atoms with Crippen molar-refractivity contribution in [2.75, 3.05) is 23.4 Å². The van der Waals surface area contributed by atoms with Crippen LogP contribution in [0.5, 0.6) is 0 Å². The molecule has 0 bridgehead atoms. The number of hydrogen-bond acceptors (Lipinski definition) is 3. The molecule has 25 heavy (non-hydrogen) atoms. The number of anilines is 2. The lowest BCUT2D eigenvalue weighted by molar-refractivity contribution is -0.117. The molecular formula is C19H19FN2O3. The molecule has 0 aliphatic carbocycles. The van der Waals surface area contributed by atoms with E-state index >= 15 is 0 Å². The van der Waals surface area contributed by atoms with Gasteiger partial charge in [-0.2, -0.15) is 0 Å². The number of amides is 2. The number of nitrogens with one attached hydrogen (secondary N) is 1. The molecule has 2 amide bonds. The predicted octanol–water partition coefficient (Wildman–Crippen LogP) is 3.91. The molecule has 0 aromatic heterocycles. The zero-order chi connectivity index (χ0) is 17.8. The van der Waals surface area contributed by atoms with Crippen molar-refractivity contribution in [1.82, 2.24) is 0 Å². The van der Waals surface area contributed by atoms with E-state index in [1.165, 1.54) is 12.1 Å². The van der Waals surface area contributed by atoms with E-state index in [9.17, 15) is 14.0 Å². The Balaban J connectivity index is 1.69. The molecule has 1 atom stereocenters. The molecular weight excluding hydrogens is 323 g/mol. The monoisotopic (exact) mass is 342 g/mol. The van der Waals surface area contributed by atoms with Crippen molar-refractivity contribution >= 4 is 23.4 Å². The number of ether oxygens (including phenoxy) is 1. The van der Waals surface area contributed by atoms with Crippen molar-refractivity contribution in [2.24, 2.45) is 0 Å². The van der Waals surface area contributed by atoms with Gasteiger partial charge in [-0.05, 0) is 48.4 Å². The molecule has 1 heterocycles. The van der Waals surface area contributed by atoms with Crippen molar-refractivity contribution in [3.05, 3.63) is 59.9 Å². The molecule has 2 aromatic carbocycles. The quantitative estimate of drug-likeness (QED) is 0.896. The van der Waals surface area contributed by atoms with Crippen LogP contribution in [0.1, 0.15) is 24.8 Å². The van der Waals surface area contributed by atoms with Crippen LogP contribution in [0.15, 0.2) is 48.5 Å². The Labute approximate surface area is 145 Å². The van der Waals surface area contributed by atoms with Crippen molar-refractivity contribution < 1.29 is 18.7 Å². The lowest BCUT2D eigenvalue weighted by Gasteiger charge is -2.17. The summed E-state index contributed by atoms with van der Waals surface area (Å²) in [7, 11) is 0. The molecule has 1 aliphatic heterocycles. The molecule has 6 heteroatoms. The second kappa shape index (κ2) is 7.34. The summed E-state index contributed by atoms with van der Waals surface area (Å²) in [6, 6.07) is 13.0. The van der Waals surface area contributed by atoms with Crippen LogP contribution in [0.3, 0.4) is 0 Å². The van der Waals surface area contributed by atoms with Gasteiger partial charge in [-0.15, -0.1) is 0 Å². The standard InChI is InChI=1S/C19H19FN2O3/c1-2-17(13-3-5-14(20)6-4-13)18(23)21-15-7-9-16(10-8-15)22-11-12-25-19(22)24/h3-10,17H,2,11-12H2,1H3,(H,21,23). The van der Waals surface area contributed by atoms with Crippen LogP contribution in [-0.2, 0) is 9.53 Å². The topological polar surface area (TPSA) is 58.6 Å². The average molecular weight is 342 g/mol. The normalized spacial score (nSPS) is 15.0. The smallest absolute Gasteiger partial charge is 0.414 e. The van der Waals surface area contributed by atoms with Crippen LogP contribution >= 0.6 is 0 Å². The molecule has 2 aromatic rings. The van der Waals surface area contributed by atoms with Gasteiger partial charge in [0.25, 0.3) is 0 Å². The SMILES string of the molecule is CCC(C(=O)Nc1ccc(N2CCOC2=O)cc1)c1ccc(F)cc1. The van der Waals surface area contributed by atoms with Crippen LogP contribution in [0, 0.1) is 5.82 Å². The highest BCUT2D eigenvalue weighted by Crippen LogP contribution is 2.24. The molecule has 1 fully saturated rings. The first-order chi connectivity index (χ1) is 12.1. The van der Waals surface area contributed by atoms with E-state index in [-0.39, 0.29) is 23.7 Å². The maximum Gasteiger partial charge on any atom is 0.414 e. The number of carbonyl (C=O) groups is 2. The summed E-state index contributed by atoms with van der Waals surface area (Å²) in [5.41, 5.74) is 2.14. The van der Waals surface area contributed by atoms with Gasteiger partial charge >= 0.3 is 6.09 Å². The zero-order valence-corrected chi connectivity index (χ0v) is 13.9. The van der Waals surface area contributed by atoms with Gasteiger partial charge in [0, 0.05) is 11.4 Å². The van der Waals surface area contributed by atoms with Gasteiger partial charge in [0.05, 0.1) is 12.5 Å². The number of hydrogen-bond donors (Lipinski definition) is 1. The number of nitrogens with zero attached hydrogens (tertiary/aromatic N) is 1. The predicted molar refractivity (Wildman–Crippen MR) is 93.2 cm³/mol. The van der Waals surface area contributed by atoms with Gasteiger partial charge in [-0.1, -0.05) is 19.1 Å². The van der Waals surface area contributed by atoms with Crippen LogP contribution in [0.4, 0.5) is 20.6 Å². The van der Waals surface area contributed by atoms with Gasteiger partial charge in [0.1, 0.15) is 12.4 Å². The van der Waals surface area contributed by atoms with E-state index in [2.05, 4.69) is 5.32 Å². The summed E-state index contributed by atoms with van der Waals surface area (Å²) in [6.45, 7) is 2.82. The Morgan fingerprint density at radius 3 is 2.44 bits per heavy atom. The average Bonchev–Trinajstić information content (AvgIpc) is 3.04. The highest BCUT2D eigenvalue weighted by atomic mass is 19.1. The summed E-state index contributed by atoms with van der Waals surface area (Å²) < 4.78 is 18.0. The number of cyclic esters (lactones) is 1. The fourth-order valence-corrected chi connectivity index (χ4v) is 2.85. The lowest BCUT2D eigenvalue weighted by atomic mass is 9.95. The Hall–Kier alpha value is -2.89. The minimum atomic E-state index is -0.362. The summed E-state index contributed by atoms with van der Waals surface area (Å²) in [5, 5.41) is 2.87. The first-order valence-electron chi connectivity index (χ1n) is 8.19. The van der Waals surface area contributed by atoms with Crippen molar-refractivity contribution in [3.63, 3.8) is 0 Å². The van der Waals surface area contributed by atoms with Gasteiger partial charge < -0.3 is 10.1 Å². The van der Waals surface area contributed by atoms with Crippen LogP contribution in [0.25, 0.3) is 0 Å². The first kappa shape index (κ1) is 17.0. The Morgan fingerprint density at radius 2 is 1.88 bits per heavy atom. The van der Waals surface area contributed by atoms with E-state index < -0.39 is 0 Å².